The van der Waals surface area contributed by atoms with E-state index in [0.717, 1.165) is 38.2 Å². The first-order valence-corrected chi connectivity index (χ1v) is 9.92. The van der Waals surface area contributed by atoms with Gasteiger partial charge in [-0.15, -0.1) is 5.10 Å². The number of carbonyl (C=O) groups is 1. The molecule has 2 aromatic rings. The predicted octanol–water partition coefficient (Wildman–Crippen LogP) is 2.47. The molecule has 1 aromatic carbocycles. The maximum atomic E-state index is 11.8. The second-order valence-electron chi connectivity index (χ2n) is 7.19. The maximum absolute atomic E-state index is 11.8. The summed E-state index contributed by atoms with van der Waals surface area (Å²) in [4.78, 5) is 20.4. The third-order valence-corrected chi connectivity index (χ3v) is 5.33. The number of ether oxygens (including phenoxy) is 1. The Morgan fingerprint density at radius 1 is 1.21 bits per heavy atom. The fourth-order valence-corrected chi connectivity index (χ4v) is 3.79. The van der Waals surface area contributed by atoms with E-state index in [-0.39, 0.29) is 12.1 Å². The molecule has 0 radical (unpaired) electrons. The van der Waals surface area contributed by atoms with Crippen LogP contribution in [0.15, 0.2) is 30.5 Å². The smallest absolute Gasteiger partial charge is 0.409 e. The van der Waals surface area contributed by atoms with E-state index in [4.69, 9.17) is 4.74 Å². The first kappa shape index (κ1) is 18.5. The number of hydrogen-bond donors (Lipinski definition) is 1. The van der Waals surface area contributed by atoms with Gasteiger partial charge in [-0.25, -0.2) is 4.79 Å². The van der Waals surface area contributed by atoms with E-state index in [1.807, 2.05) is 6.92 Å². The fraction of sp³-hybridized carbons (Fsp3) is 0.500. The van der Waals surface area contributed by atoms with Crippen molar-refractivity contribution in [3.8, 4) is 0 Å². The number of hydrogen-bond acceptors (Lipinski definition) is 7. The highest BCUT2D eigenvalue weighted by Gasteiger charge is 2.24. The van der Waals surface area contributed by atoms with Crippen LogP contribution in [0, 0.1) is 0 Å². The molecule has 0 atom stereocenters. The second-order valence-corrected chi connectivity index (χ2v) is 7.19. The fourth-order valence-electron chi connectivity index (χ4n) is 3.79. The summed E-state index contributed by atoms with van der Waals surface area (Å²) in [5.41, 5.74) is 2.72. The standard InChI is InChI=1S/C20H26N6O2/c1-2-28-20(27)25-11-8-17(9-12-25)22-18-13-21-24-19(23-18)26-10-7-15-5-3-4-6-16(15)14-26/h3-6,13,17H,2,7-12,14H2,1H3,(H,22,23,24). The zero-order valence-corrected chi connectivity index (χ0v) is 16.2. The number of amides is 1. The van der Waals surface area contributed by atoms with Crippen LogP contribution in [0.1, 0.15) is 30.9 Å². The number of aromatic nitrogens is 3. The molecule has 0 spiro atoms. The van der Waals surface area contributed by atoms with Crippen LogP contribution >= 0.6 is 0 Å². The van der Waals surface area contributed by atoms with E-state index in [1.165, 1.54) is 11.1 Å². The van der Waals surface area contributed by atoms with Gasteiger partial charge in [0.15, 0.2) is 5.82 Å². The van der Waals surface area contributed by atoms with Crippen LogP contribution in [0.2, 0.25) is 0 Å². The summed E-state index contributed by atoms with van der Waals surface area (Å²) in [5, 5.41) is 11.8. The van der Waals surface area contributed by atoms with E-state index >= 15 is 0 Å². The van der Waals surface area contributed by atoms with Gasteiger partial charge in [-0.2, -0.15) is 10.1 Å². The number of rotatable bonds is 4. The van der Waals surface area contributed by atoms with Crippen LogP contribution in [0.5, 0.6) is 0 Å². The van der Waals surface area contributed by atoms with Crippen LogP contribution in [0.25, 0.3) is 0 Å². The van der Waals surface area contributed by atoms with Gasteiger partial charge in [0.25, 0.3) is 0 Å². The lowest BCUT2D eigenvalue weighted by Gasteiger charge is -2.32. The van der Waals surface area contributed by atoms with Crippen molar-refractivity contribution < 1.29 is 9.53 Å². The zero-order valence-electron chi connectivity index (χ0n) is 16.2. The molecule has 3 heterocycles. The topological polar surface area (TPSA) is 83.5 Å². The number of anilines is 2. The van der Waals surface area contributed by atoms with Crippen molar-refractivity contribution in [3.63, 3.8) is 0 Å². The van der Waals surface area contributed by atoms with Crippen molar-refractivity contribution in [2.45, 2.75) is 38.8 Å². The van der Waals surface area contributed by atoms with Gasteiger partial charge in [0, 0.05) is 32.2 Å². The average Bonchev–Trinajstić information content (AvgIpc) is 2.74. The molecule has 1 N–H and O–H groups in total. The van der Waals surface area contributed by atoms with Crippen LogP contribution in [0.4, 0.5) is 16.6 Å². The van der Waals surface area contributed by atoms with Gasteiger partial charge < -0.3 is 19.9 Å². The Morgan fingerprint density at radius 2 is 2.00 bits per heavy atom. The number of likely N-dealkylation sites (tertiary alicyclic amines) is 1. The monoisotopic (exact) mass is 382 g/mol. The van der Waals surface area contributed by atoms with Gasteiger partial charge in [-0.1, -0.05) is 24.3 Å². The molecule has 1 amide bonds. The molecule has 8 nitrogen and oxygen atoms in total. The molecule has 28 heavy (non-hydrogen) atoms. The molecule has 8 heteroatoms. The molecule has 0 unspecified atom stereocenters. The van der Waals surface area contributed by atoms with Crippen LogP contribution in [-0.2, 0) is 17.7 Å². The predicted molar refractivity (Wildman–Crippen MR) is 106 cm³/mol. The SMILES string of the molecule is CCOC(=O)N1CCC(Nc2cnnc(N3CCc4ccccc4C3)n2)CC1. The van der Waals surface area contributed by atoms with E-state index < -0.39 is 0 Å². The maximum Gasteiger partial charge on any atom is 0.409 e. The van der Waals surface area contributed by atoms with Gasteiger partial charge in [0.05, 0.1) is 12.8 Å². The first-order valence-electron chi connectivity index (χ1n) is 9.92. The number of benzene rings is 1. The van der Waals surface area contributed by atoms with Crippen LogP contribution < -0.4 is 10.2 Å². The summed E-state index contributed by atoms with van der Waals surface area (Å²) in [7, 11) is 0. The lowest BCUT2D eigenvalue weighted by atomic mass is 10.0. The van der Waals surface area contributed by atoms with E-state index in [1.54, 1.807) is 11.1 Å². The van der Waals surface area contributed by atoms with Gasteiger partial charge in [-0.3, -0.25) is 0 Å². The number of piperidine rings is 1. The lowest BCUT2D eigenvalue weighted by Crippen LogP contribution is -2.42. The number of carbonyl (C=O) groups excluding carboxylic acids is 1. The average molecular weight is 382 g/mol. The molecule has 0 bridgehead atoms. The Hall–Kier alpha value is -2.90. The van der Waals surface area contributed by atoms with Crippen molar-refractivity contribution >= 4 is 17.9 Å². The Balaban J connectivity index is 1.36. The van der Waals surface area contributed by atoms with E-state index in [2.05, 4.69) is 49.7 Å². The van der Waals surface area contributed by atoms with Gasteiger partial charge in [0.1, 0.15) is 0 Å². The molecule has 1 aromatic heterocycles. The minimum Gasteiger partial charge on any atom is -0.450 e. The molecule has 2 aliphatic rings. The Bertz CT molecular complexity index is 822. The van der Waals surface area contributed by atoms with Gasteiger partial charge in [0.2, 0.25) is 5.95 Å². The van der Waals surface area contributed by atoms with E-state index in [9.17, 15) is 4.79 Å². The lowest BCUT2D eigenvalue weighted by molar-refractivity contribution is 0.0983. The van der Waals surface area contributed by atoms with Crippen molar-refractivity contribution in [1.82, 2.24) is 20.1 Å². The Kier molecular flexibility index (Phi) is 5.55. The van der Waals surface area contributed by atoms with Crippen LogP contribution in [0.3, 0.4) is 0 Å². The molecule has 1 fully saturated rings. The second kappa shape index (κ2) is 8.41. The molecule has 148 valence electrons. The molecule has 2 aliphatic heterocycles. The highest BCUT2D eigenvalue weighted by atomic mass is 16.6. The summed E-state index contributed by atoms with van der Waals surface area (Å²) in [6, 6.07) is 8.77. The number of nitrogens with one attached hydrogen (secondary N) is 1. The van der Waals surface area contributed by atoms with Crippen LogP contribution in [-0.4, -0.2) is 58.5 Å². The zero-order chi connectivity index (χ0) is 19.3. The van der Waals surface area contributed by atoms with Gasteiger partial charge >= 0.3 is 6.09 Å². The molecule has 0 saturated carbocycles. The highest BCUT2D eigenvalue weighted by molar-refractivity contribution is 5.67. The number of nitrogens with zero attached hydrogens (tertiary/aromatic N) is 5. The minimum atomic E-state index is -0.225. The minimum absolute atomic E-state index is 0.225. The Morgan fingerprint density at radius 3 is 2.79 bits per heavy atom. The van der Waals surface area contributed by atoms with Crippen molar-refractivity contribution in [2.24, 2.45) is 0 Å². The number of fused-ring (bicyclic) bond motifs is 1. The highest BCUT2D eigenvalue weighted by Crippen LogP contribution is 2.23. The van der Waals surface area contributed by atoms with Crippen molar-refractivity contribution in [2.75, 3.05) is 36.5 Å². The summed E-state index contributed by atoms with van der Waals surface area (Å²) in [6.07, 6.45) is 4.14. The molecular formula is C20H26N6O2. The molecule has 0 aliphatic carbocycles. The molecule has 1 saturated heterocycles. The van der Waals surface area contributed by atoms with Gasteiger partial charge in [-0.05, 0) is 37.3 Å². The quantitative estimate of drug-likeness (QED) is 0.870. The van der Waals surface area contributed by atoms with E-state index in [0.29, 0.717) is 25.6 Å². The third kappa shape index (κ3) is 4.16. The normalized spacial score (nSPS) is 17.2. The molecule has 4 rings (SSSR count). The summed E-state index contributed by atoms with van der Waals surface area (Å²) >= 11 is 0. The first-order chi connectivity index (χ1) is 13.7. The summed E-state index contributed by atoms with van der Waals surface area (Å²) in [5.74, 6) is 1.39. The molecular weight excluding hydrogens is 356 g/mol. The van der Waals surface area contributed by atoms with Crippen molar-refractivity contribution in [1.29, 1.82) is 0 Å². The summed E-state index contributed by atoms with van der Waals surface area (Å²) < 4.78 is 5.07. The Labute approximate surface area is 164 Å². The third-order valence-electron chi connectivity index (χ3n) is 5.33. The van der Waals surface area contributed by atoms with Crippen molar-refractivity contribution in [3.05, 3.63) is 41.6 Å². The largest absolute Gasteiger partial charge is 0.450 e. The summed E-state index contributed by atoms with van der Waals surface area (Å²) in [6.45, 7) is 5.30.